The van der Waals surface area contributed by atoms with Crippen molar-refractivity contribution in [2.45, 2.75) is 0 Å². The van der Waals surface area contributed by atoms with Crippen LogP contribution in [0, 0.1) is 0 Å². The summed E-state index contributed by atoms with van der Waals surface area (Å²) in [5.74, 6) is 0. The third-order valence-corrected chi connectivity index (χ3v) is 9.00. The molecule has 0 N–H and O–H groups in total. The molecule has 1 aliphatic heterocycles. The molecule has 1 nitrogen and oxygen atoms in total. The standard InChI is InChI=1S/C30H25B6N/c31-26-24(27(32)29(34)30(35)28(26)33)15-12-13-22-18(14-15)16-6-2-4-10-21(16)37(22)23-11-5-9-20-25(23)17-7-1-3-8-19(17)36-20/h1-14,36H,31-35H2. The van der Waals surface area contributed by atoms with E-state index in [0.29, 0.717) is 0 Å². The fourth-order valence-electron chi connectivity index (χ4n) is 6.68. The lowest BCUT2D eigenvalue weighted by atomic mass is 9.59. The van der Waals surface area contributed by atoms with Crippen LogP contribution >= 0.6 is 0 Å². The SMILES string of the molecule is Bc1c(B)c(B)c(-c2ccc3c(c2)c2ccccc2n3-c2cccc3c2-c2ccccc2B3)c(B)c1B. The Bertz CT molecular complexity index is 1890. The van der Waals surface area contributed by atoms with Crippen LogP contribution in [-0.4, -0.2) is 51.1 Å². The molecule has 0 radical (unpaired) electrons. The number of aromatic nitrogens is 1. The van der Waals surface area contributed by atoms with Gasteiger partial charge in [-0.2, -0.15) is 0 Å². The molecule has 2 heterocycles. The quantitative estimate of drug-likeness (QED) is 0.242. The second-order valence-corrected chi connectivity index (χ2v) is 10.7. The molecule has 1 aromatic heterocycles. The number of hydrogen-bond donors (Lipinski definition) is 0. The summed E-state index contributed by atoms with van der Waals surface area (Å²) >= 11 is 0. The first-order valence-electron chi connectivity index (χ1n) is 13.3. The maximum absolute atomic E-state index is 2.49. The highest BCUT2D eigenvalue weighted by Gasteiger charge is 2.24. The van der Waals surface area contributed by atoms with Crippen molar-refractivity contribution < 1.29 is 0 Å². The molecule has 0 bridgehead atoms. The molecule has 5 aromatic carbocycles. The third-order valence-electron chi connectivity index (χ3n) is 9.00. The zero-order valence-corrected chi connectivity index (χ0v) is 22.2. The highest BCUT2D eigenvalue weighted by molar-refractivity contribution is 6.73. The van der Waals surface area contributed by atoms with Crippen molar-refractivity contribution in [3.8, 4) is 27.9 Å². The number of rotatable bonds is 2. The molecule has 0 aliphatic carbocycles. The minimum atomic E-state index is 1.01. The van der Waals surface area contributed by atoms with Crippen molar-refractivity contribution in [1.29, 1.82) is 0 Å². The van der Waals surface area contributed by atoms with E-state index in [0.717, 1.165) is 7.28 Å². The van der Waals surface area contributed by atoms with Crippen LogP contribution in [0.5, 0.6) is 0 Å². The van der Waals surface area contributed by atoms with Gasteiger partial charge in [0, 0.05) is 10.8 Å². The van der Waals surface area contributed by atoms with E-state index in [9.17, 15) is 0 Å². The Balaban J connectivity index is 1.54. The third kappa shape index (κ3) is 3.13. The van der Waals surface area contributed by atoms with E-state index in [2.05, 4.69) is 129 Å². The molecule has 7 heteroatoms. The summed E-state index contributed by atoms with van der Waals surface area (Å²) in [6.45, 7) is 0. The van der Waals surface area contributed by atoms with Gasteiger partial charge in [-0.05, 0) is 46.5 Å². The van der Waals surface area contributed by atoms with Crippen molar-refractivity contribution in [2.24, 2.45) is 0 Å². The van der Waals surface area contributed by atoms with Gasteiger partial charge in [-0.3, -0.25) is 0 Å². The maximum Gasteiger partial charge on any atom is 0.193 e. The van der Waals surface area contributed by atoms with Crippen molar-refractivity contribution in [3.63, 3.8) is 0 Å². The van der Waals surface area contributed by atoms with Gasteiger partial charge in [-0.1, -0.05) is 82.5 Å². The highest BCUT2D eigenvalue weighted by atomic mass is 15.0. The van der Waals surface area contributed by atoms with Crippen LogP contribution in [0.1, 0.15) is 0 Å². The Kier molecular flexibility index (Phi) is 4.95. The fourth-order valence-corrected chi connectivity index (χ4v) is 6.68. The van der Waals surface area contributed by atoms with Gasteiger partial charge in [0.15, 0.2) is 7.28 Å². The normalized spacial score (nSPS) is 12.0. The van der Waals surface area contributed by atoms with E-state index in [1.54, 1.807) is 0 Å². The lowest BCUT2D eigenvalue weighted by Crippen LogP contribution is -2.55. The Hall–Kier alpha value is -3.71. The number of hydrogen-bond acceptors (Lipinski definition) is 0. The summed E-state index contributed by atoms with van der Waals surface area (Å²) in [6, 6.07) is 31.7. The zero-order chi connectivity index (χ0) is 25.4. The van der Waals surface area contributed by atoms with E-state index in [1.807, 2.05) is 0 Å². The van der Waals surface area contributed by atoms with Gasteiger partial charge in [0.05, 0.1) is 16.7 Å². The predicted octanol–water partition coefficient (Wildman–Crippen LogP) is -2.89. The number of fused-ring (bicyclic) bond motifs is 6. The lowest BCUT2D eigenvalue weighted by molar-refractivity contribution is 1.19. The molecule has 0 saturated carbocycles. The van der Waals surface area contributed by atoms with Gasteiger partial charge in [0.2, 0.25) is 0 Å². The molecular weight excluding hydrogens is 439 g/mol. The number of nitrogens with zero attached hydrogens (tertiary/aromatic N) is 1. The van der Waals surface area contributed by atoms with Crippen molar-refractivity contribution in [1.82, 2.24) is 4.57 Å². The largest absolute Gasteiger partial charge is 0.309 e. The Labute approximate surface area is 223 Å². The highest BCUT2D eigenvalue weighted by Crippen LogP contribution is 2.37. The summed E-state index contributed by atoms with van der Waals surface area (Å²) in [6.07, 6.45) is 0. The molecule has 0 atom stereocenters. The van der Waals surface area contributed by atoms with Crippen molar-refractivity contribution >= 4 is 107 Å². The van der Waals surface area contributed by atoms with E-state index < -0.39 is 0 Å². The second kappa shape index (κ2) is 8.15. The van der Waals surface area contributed by atoms with Crippen LogP contribution < -0.4 is 38.2 Å². The van der Waals surface area contributed by atoms with E-state index >= 15 is 0 Å². The molecule has 0 amide bonds. The summed E-state index contributed by atoms with van der Waals surface area (Å²) in [5.41, 5.74) is 19.1. The zero-order valence-electron chi connectivity index (χ0n) is 22.2. The number of para-hydroxylation sites is 1. The summed E-state index contributed by atoms with van der Waals surface area (Å²) in [7, 11) is 12.3. The lowest BCUT2D eigenvalue weighted by Gasteiger charge is -2.20. The average Bonchev–Trinajstić information content (AvgIpc) is 3.46. The first kappa shape index (κ1) is 22.5. The molecule has 0 saturated heterocycles. The van der Waals surface area contributed by atoms with Gasteiger partial charge < -0.3 is 4.57 Å². The molecule has 0 unspecified atom stereocenters. The Morgan fingerprint density at radius 3 is 1.97 bits per heavy atom. The van der Waals surface area contributed by atoms with Gasteiger partial charge in [0.1, 0.15) is 39.2 Å². The molecule has 1 aliphatic rings. The first-order valence-corrected chi connectivity index (χ1v) is 13.3. The second-order valence-electron chi connectivity index (χ2n) is 10.7. The van der Waals surface area contributed by atoms with Gasteiger partial charge in [-0.15, -0.1) is 16.4 Å². The van der Waals surface area contributed by atoms with E-state index in [4.69, 9.17) is 0 Å². The average molecular weight is 464 g/mol. The predicted molar refractivity (Wildman–Crippen MR) is 179 cm³/mol. The summed E-state index contributed by atoms with van der Waals surface area (Å²) in [4.78, 5) is 0. The van der Waals surface area contributed by atoms with Crippen LogP contribution in [0.3, 0.4) is 0 Å². The van der Waals surface area contributed by atoms with Crippen LogP contribution in [-0.2, 0) is 0 Å². The smallest absolute Gasteiger partial charge is 0.193 e. The van der Waals surface area contributed by atoms with Crippen molar-refractivity contribution in [2.75, 3.05) is 0 Å². The van der Waals surface area contributed by atoms with Crippen molar-refractivity contribution in [3.05, 3.63) is 84.9 Å². The Morgan fingerprint density at radius 2 is 1.16 bits per heavy atom. The van der Waals surface area contributed by atoms with Crippen LogP contribution in [0.15, 0.2) is 84.9 Å². The topological polar surface area (TPSA) is 4.93 Å². The monoisotopic (exact) mass is 465 g/mol. The molecular formula is C30H25B6N. The van der Waals surface area contributed by atoms with E-state index in [-0.39, 0.29) is 0 Å². The molecule has 0 spiro atoms. The molecule has 6 aromatic rings. The maximum atomic E-state index is 2.49. The van der Waals surface area contributed by atoms with Gasteiger partial charge in [0.25, 0.3) is 0 Å². The number of benzene rings is 5. The van der Waals surface area contributed by atoms with Crippen LogP contribution in [0.25, 0.3) is 49.7 Å². The molecule has 7 rings (SSSR count). The van der Waals surface area contributed by atoms with Crippen LogP contribution in [0.4, 0.5) is 0 Å². The fraction of sp³-hybridized carbons (Fsp3) is 0. The van der Waals surface area contributed by atoms with Crippen LogP contribution in [0.2, 0.25) is 0 Å². The molecule has 37 heavy (non-hydrogen) atoms. The molecule has 0 fully saturated rings. The Morgan fingerprint density at radius 1 is 0.514 bits per heavy atom. The molecule has 168 valence electrons. The summed E-state index contributed by atoms with van der Waals surface area (Å²) < 4.78 is 2.49. The summed E-state index contributed by atoms with van der Waals surface area (Å²) in [5, 5.41) is 2.62. The van der Waals surface area contributed by atoms with E-state index in [1.165, 1.54) is 88.0 Å². The minimum absolute atomic E-state index is 1.01. The first-order chi connectivity index (χ1) is 18.0. The minimum Gasteiger partial charge on any atom is -0.309 e. The van der Waals surface area contributed by atoms with Gasteiger partial charge >= 0.3 is 0 Å². The van der Waals surface area contributed by atoms with Gasteiger partial charge in [-0.25, -0.2) is 0 Å².